The zero-order chi connectivity index (χ0) is 14.3. The van der Waals surface area contributed by atoms with Crippen LogP contribution < -0.4 is 0 Å². The minimum absolute atomic E-state index is 0.0749. The number of nitrogens with one attached hydrogen (secondary N) is 1. The number of hydrogen-bond acceptors (Lipinski definition) is 2. The highest BCUT2D eigenvalue weighted by atomic mass is 79.9. The SMILES string of the molecule is Cc1cccc(C(=O)c2c[nH]c3ncc(Br)cc23)c1F. The third kappa shape index (κ3) is 2.04. The molecule has 0 unspecified atom stereocenters. The molecule has 5 heteroatoms. The normalized spacial score (nSPS) is 10.9. The topological polar surface area (TPSA) is 45.8 Å². The fourth-order valence-electron chi connectivity index (χ4n) is 2.13. The lowest BCUT2D eigenvalue weighted by atomic mass is 10.0. The number of carbonyl (C=O) groups is 1. The molecule has 0 amide bonds. The van der Waals surface area contributed by atoms with E-state index in [1.807, 2.05) is 0 Å². The van der Waals surface area contributed by atoms with Gasteiger partial charge in [0.2, 0.25) is 0 Å². The second kappa shape index (κ2) is 4.83. The second-order valence-electron chi connectivity index (χ2n) is 4.52. The minimum Gasteiger partial charge on any atom is -0.345 e. The molecular weight excluding hydrogens is 323 g/mol. The largest absolute Gasteiger partial charge is 0.345 e. The summed E-state index contributed by atoms with van der Waals surface area (Å²) in [4.78, 5) is 19.6. The molecule has 3 rings (SSSR count). The van der Waals surface area contributed by atoms with Crippen LogP contribution in [0.4, 0.5) is 4.39 Å². The fourth-order valence-corrected chi connectivity index (χ4v) is 2.46. The van der Waals surface area contributed by atoms with Gasteiger partial charge in [-0.05, 0) is 40.5 Å². The molecule has 20 heavy (non-hydrogen) atoms. The highest BCUT2D eigenvalue weighted by Gasteiger charge is 2.19. The van der Waals surface area contributed by atoms with Crippen LogP contribution in [0.25, 0.3) is 11.0 Å². The third-order valence-electron chi connectivity index (χ3n) is 3.18. The molecule has 0 aliphatic rings. The number of benzene rings is 1. The summed E-state index contributed by atoms with van der Waals surface area (Å²) < 4.78 is 14.8. The molecule has 0 aliphatic heterocycles. The Morgan fingerprint density at radius 3 is 2.95 bits per heavy atom. The van der Waals surface area contributed by atoms with Crippen molar-refractivity contribution in [2.45, 2.75) is 6.92 Å². The molecule has 0 aliphatic carbocycles. The Bertz CT molecular complexity index is 826. The second-order valence-corrected chi connectivity index (χ2v) is 5.43. The summed E-state index contributed by atoms with van der Waals surface area (Å²) >= 11 is 3.32. The number of ketones is 1. The molecule has 1 aromatic carbocycles. The Morgan fingerprint density at radius 2 is 2.15 bits per heavy atom. The van der Waals surface area contributed by atoms with Crippen molar-refractivity contribution in [2.24, 2.45) is 0 Å². The molecule has 2 heterocycles. The first-order chi connectivity index (χ1) is 9.58. The van der Waals surface area contributed by atoms with E-state index in [9.17, 15) is 9.18 Å². The van der Waals surface area contributed by atoms with Gasteiger partial charge in [-0.25, -0.2) is 9.37 Å². The lowest BCUT2D eigenvalue weighted by Crippen LogP contribution is -2.04. The number of hydrogen-bond donors (Lipinski definition) is 1. The van der Waals surface area contributed by atoms with Crippen LogP contribution in [0.5, 0.6) is 0 Å². The Balaban J connectivity index is 2.18. The van der Waals surface area contributed by atoms with Gasteiger partial charge in [0.05, 0.1) is 5.56 Å². The average molecular weight is 333 g/mol. The number of pyridine rings is 1. The number of fused-ring (bicyclic) bond motifs is 1. The number of aromatic amines is 1. The molecule has 0 radical (unpaired) electrons. The molecule has 0 saturated heterocycles. The van der Waals surface area contributed by atoms with Gasteiger partial charge >= 0.3 is 0 Å². The van der Waals surface area contributed by atoms with Gasteiger partial charge in [-0.15, -0.1) is 0 Å². The zero-order valence-electron chi connectivity index (χ0n) is 10.6. The molecule has 0 fully saturated rings. The molecule has 0 spiro atoms. The van der Waals surface area contributed by atoms with Gasteiger partial charge in [-0.2, -0.15) is 0 Å². The van der Waals surface area contributed by atoms with E-state index in [4.69, 9.17) is 0 Å². The van der Waals surface area contributed by atoms with E-state index in [0.717, 1.165) is 4.47 Å². The van der Waals surface area contributed by atoms with E-state index in [0.29, 0.717) is 22.2 Å². The van der Waals surface area contributed by atoms with Crippen LogP contribution in [0.2, 0.25) is 0 Å². The van der Waals surface area contributed by atoms with Crippen LogP contribution in [-0.4, -0.2) is 15.8 Å². The van der Waals surface area contributed by atoms with Gasteiger partial charge in [-0.3, -0.25) is 4.79 Å². The standard InChI is InChI=1S/C15H10BrFN2O/c1-8-3-2-4-10(13(8)17)14(20)12-7-19-15-11(12)5-9(16)6-18-15/h2-7H,1H3,(H,18,19). The number of aromatic nitrogens is 2. The Kier molecular flexibility index (Phi) is 3.14. The van der Waals surface area contributed by atoms with Gasteiger partial charge in [0.1, 0.15) is 11.5 Å². The van der Waals surface area contributed by atoms with Crippen LogP contribution in [0.15, 0.2) is 41.1 Å². The molecular formula is C15H10BrFN2O. The number of halogens is 2. The fraction of sp³-hybridized carbons (Fsp3) is 0.0667. The lowest BCUT2D eigenvalue weighted by Gasteiger charge is -2.04. The first kappa shape index (κ1) is 13.0. The maximum absolute atomic E-state index is 14.1. The average Bonchev–Trinajstić information content (AvgIpc) is 2.84. The van der Waals surface area contributed by atoms with E-state index in [1.165, 1.54) is 6.07 Å². The van der Waals surface area contributed by atoms with Gasteiger partial charge in [-0.1, -0.05) is 12.1 Å². The van der Waals surface area contributed by atoms with Crippen LogP contribution in [0, 0.1) is 12.7 Å². The summed E-state index contributed by atoms with van der Waals surface area (Å²) in [5.41, 5.74) is 1.55. The van der Waals surface area contributed by atoms with Crippen molar-refractivity contribution in [2.75, 3.05) is 0 Å². The summed E-state index contributed by atoms with van der Waals surface area (Å²) in [5.74, 6) is -0.827. The molecule has 100 valence electrons. The first-order valence-corrected chi connectivity index (χ1v) is 6.79. The van der Waals surface area contributed by atoms with Crippen molar-refractivity contribution < 1.29 is 9.18 Å². The summed E-state index contributed by atoms with van der Waals surface area (Å²) in [6.07, 6.45) is 3.20. The van der Waals surface area contributed by atoms with Gasteiger partial charge < -0.3 is 4.98 Å². The maximum Gasteiger partial charge on any atom is 0.198 e. The maximum atomic E-state index is 14.1. The van der Waals surface area contributed by atoms with Gasteiger partial charge in [0.15, 0.2) is 5.78 Å². The minimum atomic E-state index is -0.477. The van der Waals surface area contributed by atoms with Crippen molar-refractivity contribution in [1.82, 2.24) is 9.97 Å². The van der Waals surface area contributed by atoms with Crippen molar-refractivity contribution in [3.8, 4) is 0 Å². The molecule has 0 bridgehead atoms. The number of H-pyrrole nitrogens is 1. The summed E-state index contributed by atoms with van der Waals surface area (Å²) in [5, 5.41) is 0.672. The quantitative estimate of drug-likeness (QED) is 0.721. The predicted octanol–water partition coefficient (Wildman–Crippen LogP) is 4.00. The number of rotatable bonds is 2. The summed E-state index contributed by atoms with van der Waals surface area (Å²) in [7, 11) is 0. The van der Waals surface area contributed by atoms with Gasteiger partial charge in [0.25, 0.3) is 0 Å². The van der Waals surface area contributed by atoms with Crippen molar-refractivity contribution >= 4 is 32.7 Å². The smallest absolute Gasteiger partial charge is 0.198 e. The van der Waals surface area contributed by atoms with Crippen LogP contribution in [0.3, 0.4) is 0 Å². The Morgan fingerprint density at radius 1 is 1.35 bits per heavy atom. The lowest BCUT2D eigenvalue weighted by molar-refractivity contribution is 0.103. The summed E-state index contributed by atoms with van der Waals surface area (Å²) in [6.45, 7) is 1.64. The van der Waals surface area contributed by atoms with Crippen molar-refractivity contribution in [3.05, 3.63) is 63.6 Å². The van der Waals surface area contributed by atoms with Crippen molar-refractivity contribution in [3.63, 3.8) is 0 Å². The predicted molar refractivity (Wildman–Crippen MR) is 78.4 cm³/mol. The van der Waals surface area contributed by atoms with Crippen LogP contribution in [-0.2, 0) is 0 Å². The van der Waals surface area contributed by atoms with E-state index < -0.39 is 5.82 Å². The highest BCUT2D eigenvalue weighted by molar-refractivity contribution is 9.10. The molecule has 3 nitrogen and oxygen atoms in total. The Hall–Kier alpha value is -2.01. The van der Waals surface area contributed by atoms with E-state index >= 15 is 0 Å². The van der Waals surface area contributed by atoms with E-state index in [-0.39, 0.29) is 11.3 Å². The monoisotopic (exact) mass is 332 g/mol. The first-order valence-electron chi connectivity index (χ1n) is 6.00. The highest BCUT2D eigenvalue weighted by Crippen LogP contribution is 2.24. The van der Waals surface area contributed by atoms with E-state index in [1.54, 1.807) is 37.5 Å². The molecule has 3 aromatic rings. The number of nitrogens with zero attached hydrogens (tertiary/aromatic N) is 1. The van der Waals surface area contributed by atoms with E-state index in [2.05, 4.69) is 25.9 Å². The number of aryl methyl sites for hydroxylation is 1. The zero-order valence-corrected chi connectivity index (χ0v) is 12.2. The third-order valence-corrected chi connectivity index (χ3v) is 3.61. The Labute approximate surface area is 123 Å². The van der Waals surface area contributed by atoms with Gasteiger partial charge in [0, 0.05) is 27.8 Å². The molecule has 1 N–H and O–H groups in total. The number of carbonyl (C=O) groups excluding carboxylic acids is 1. The molecule has 2 aromatic heterocycles. The molecule has 0 saturated carbocycles. The summed E-state index contributed by atoms with van der Waals surface area (Å²) in [6, 6.07) is 6.60. The van der Waals surface area contributed by atoms with Crippen LogP contribution >= 0.6 is 15.9 Å². The van der Waals surface area contributed by atoms with Crippen molar-refractivity contribution in [1.29, 1.82) is 0 Å². The van der Waals surface area contributed by atoms with Crippen LogP contribution in [0.1, 0.15) is 21.5 Å². The molecule has 0 atom stereocenters.